The summed E-state index contributed by atoms with van der Waals surface area (Å²) in [4.78, 5) is 45.5. The molecule has 2 heterocycles. The number of anilines is 1. The first kappa shape index (κ1) is 23.7. The Kier molecular flexibility index (Phi) is 7.81. The molecule has 3 rings (SSSR count). The highest BCUT2D eigenvalue weighted by Gasteiger charge is 2.31. The monoisotopic (exact) mass is 462 g/mol. The summed E-state index contributed by atoms with van der Waals surface area (Å²) in [5.41, 5.74) is 6.12. The Hall–Kier alpha value is -2.98. The average molecular weight is 463 g/mol. The molecule has 1 fully saturated rings. The predicted molar refractivity (Wildman–Crippen MR) is 118 cm³/mol. The van der Waals surface area contributed by atoms with Crippen LogP contribution in [0.4, 0.5) is 5.69 Å². The molecule has 0 aromatic carbocycles. The van der Waals surface area contributed by atoms with Gasteiger partial charge in [0.2, 0.25) is 5.91 Å². The lowest BCUT2D eigenvalue weighted by Crippen LogP contribution is -2.37. The number of carbonyl (C=O) groups is 3. The zero-order valence-corrected chi connectivity index (χ0v) is 18.8. The summed E-state index contributed by atoms with van der Waals surface area (Å²) in [5.74, 6) is -1.52. The molecule has 1 atom stereocenters. The van der Waals surface area contributed by atoms with E-state index in [-0.39, 0.29) is 35.3 Å². The number of amides is 3. The topological polar surface area (TPSA) is 141 Å². The SMILES string of the molecule is COCC(C)NC(=O)c1ncn([C@H]2CC[C@H](C(=O)Nc3cnccc3Cl)CC2)c1C(N)=O. The van der Waals surface area contributed by atoms with Gasteiger partial charge in [-0.3, -0.25) is 19.4 Å². The Morgan fingerprint density at radius 2 is 2.03 bits per heavy atom. The van der Waals surface area contributed by atoms with E-state index in [1.165, 1.54) is 19.6 Å². The minimum absolute atomic E-state index is 0.00783. The Labute approximate surface area is 190 Å². The first-order valence-electron chi connectivity index (χ1n) is 10.4. The van der Waals surface area contributed by atoms with Crippen LogP contribution in [0, 0.1) is 5.92 Å². The van der Waals surface area contributed by atoms with Gasteiger partial charge in [-0.2, -0.15) is 0 Å². The van der Waals surface area contributed by atoms with Crippen LogP contribution in [0.2, 0.25) is 5.02 Å². The van der Waals surface area contributed by atoms with E-state index in [1.54, 1.807) is 23.8 Å². The van der Waals surface area contributed by atoms with Gasteiger partial charge >= 0.3 is 0 Å². The molecular weight excluding hydrogens is 436 g/mol. The molecule has 0 radical (unpaired) electrons. The highest BCUT2D eigenvalue weighted by Crippen LogP contribution is 2.34. The Balaban J connectivity index is 1.66. The second-order valence-corrected chi connectivity index (χ2v) is 8.30. The molecule has 11 heteroatoms. The number of hydrogen-bond acceptors (Lipinski definition) is 6. The lowest BCUT2D eigenvalue weighted by Gasteiger charge is -2.29. The number of carbonyl (C=O) groups excluding carboxylic acids is 3. The standard InChI is InChI=1S/C21H27ClN6O4/c1-12(10-32-2)26-21(31)17-18(19(23)29)28(11-25-17)14-5-3-13(4-6-14)20(30)27-16-9-24-8-7-15(16)22/h7-9,11-14H,3-6,10H2,1-2H3,(H2,23,29)(H,26,31)(H,27,30)/t12?,13-,14-. The largest absolute Gasteiger partial charge is 0.383 e. The summed E-state index contributed by atoms with van der Waals surface area (Å²) in [6.07, 6.45) is 7.02. The molecule has 0 saturated heterocycles. The molecule has 32 heavy (non-hydrogen) atoms. The van der Waals surface area contributed by atoms with Crippen molar-refractivity contribution in [2.45, 2.75) is 44.7 Å². The molecule has 10 nitrogen and oxygen atoms in total. The summed E-state index contributed by atoms with van der Waals surface area (Å²) in [6.45, 7) is 2.11. The van der Waals surface area contributed by atoms with Gasteiger partial charge in [0.25, 0.3) is 11.8 Å². The number of nitrogens with one attached hydrogen (secondary N) is 2. The van der Waals surface area contributed by atoms with Gasteiger partial charge in [0, 0.05) is 31.3 Å². The molecule has 4 N–H and O–H groups in total. The lowest BCUT2D eigenvalue weighted by molar-refractivity contribution is -0.121. The van der Waals surface area contributed by atoms with Crippen LogP contribution in [-0.4, -0.2) is 52.0 Å². The van der Waals surface area contributed by atoms with Gasteiger partial charge in [0.15, 0.2) is 5.69 Å². The van der Waals surface area contributed by atoms with Gasteiger partial charge in [-0.1, -0.05) is 11.6 Å². The molecule has 0 spiro atoms. The van der Waals surface area contributed by atoms with Crippen LogP contribution in [0.3, 0.4) is 0 Å². The third kappa shape index (κ3) is 5.43. The van der Waals surface area contributed by atoms with Crippen LogP contribution in [0.5, 0.6) is 0 Å². The third-order valence-electron chi connectivity index (χ3n) is 5.52. The lowest BCUT2D eigenvalue weighted by atomic mass is 9.85. The summed E-state index contributed by atoms with van der Waals surface area (Å²) in [5, 5.41) is 5.99. The van der Waals surface area contributed by atoms with Crippen molar-refractivity contribution in [1.82, 2.24) is 19.9 Å². The zero-order chi connectivity index (χ0) is 23.3. The van der Waals surface area contributed by atoms with E-state index in [0.717, 1.165) is 0 Å². The van der Waals surface area contributed by atoms with Gasteiger partial charge < -0.3 is 25.7 Å². The molecule has 1 aliphatic carbocycles. The summed E-state index contributed by atoms with van der Waals surface area (Å²) in [7, 11) is 1.54. The number of nitrogens with two attached hydrogens (primary N) is 1. The molecule has 0 aliphatic heterocycles. The van der Waals surface area contributed by atoms with Crippen molar-refractivity contribution in [3.63, 3.8) is 0 Å². The van der Waals surface area contributed by atoms with E-state index in [2.05, 4.69) is 20.6 Å². The van der Waals surface area contributed by atoms with Crippen molar-refractivity contribution in [2.75, 3.05) is 19.0 Å². The maximum atomic E-state index is 12.6. The maximum absolute atomic E-state index is 12.6. The smallest absolute Gasteiger partial charge is 0.272 e. The molecule has 1 aliphatic rings. The van der Waals surface area contributed by atoms with Crippen molar-refractivity contribution >= 4 is 35.0 Å². The first-order chi connectivity index (χ1) is 15.3. The molecule has 0 bridgehead atoms. The highest BCUT2D eigenvalue weighted by atomic mass is 35.5. The molecule has 1 saturated carbocycles. The Morgan fingerprint density at radius 1 is 1.31 bits per heavy atom. The van der Waals surface area contributed by atoms with E-state index >= 15 is 0 Å². The van der Waals surface area contributed by atoms with Crippen molar-refractivity contribution in [3.05, 3.63) is 41.2 Å². The molecule has 2 aromatic heterocycles. The van der Waals surface area contributed by atoms with Gasteiger partial charge in [-0.25, -0.2) is 4.98 Å². The number of primary amides is 1. The van der Waals surface area contributed by atoms with Gasteiger partial charge in [-0.05, 0) is 38.7 Å². The number of methoxy groups -OCH3 is 1. The van der Waals surface area contributed by atoms with Gasteiger partial charge in [0.1, 0.15) is 5.69 Å². The van der Waals surface area contributed by atoms with Crippen molar-refractivity contribution in [2.24, 2.45) is 11.7 Å². The minimum atomic E-state index is -0.724. The first-order valence-corrected chi connectivity index (χ1v) is 10.8. The van der Waals surface area contributed by atoms with Crippen LogP contribution in [0.25, 0.3) is 0 Å². The van der Waals surface area contributed by atoms with Crippen LogP contribution < -0.4 is 16.4 Å². The molecule has 172 valence electrons. The van der Waals surface area contributed by atoms with Crippen LogP contribution in [-0.2, 0) is 9.53 Å². The number of ether oxygens (including phenoxy) is 1. The van der Waals surface area contributed by atoms with Crippen molar-refractivity contribution in [3.8, 4) is 0 Å². The fourth-order valence-corrected chi connectivity index (χ4v) is 4.10. The van der Waals surface area contributed by atoms with Crippen molar-refractivity contribution < 1.29 is 19.1 Å². The summed E-state index contributed by atoms with van der Waals surface area (Å²) >= 11 is 6.09. The number of pyridine rings is 1. The number of imidazole rings is 1. The quantitative estimate of drug-likeness (QED) is 0.548. The summed E-state index contributed by atoms with van der Waals surface area (Å²) in [6, 6.07) is 1.28. The fourth-order valence-electron chi connectivity index (χ4n) is 3.95. The van der Waals surface area contributed by atoms with E-state index in [1.807, 2.05) is 0 Å². The van der Waals surface area contributed by atoms with E-state index in [0.29, 0.717) is 43.0 Å². The van der Waals surface area contributed by atoms with Crippen LogP contribution >= 0.6 is 11.6 Å². The van der Waals surface area contributed by atoms with Gasteiger partial charge in [-0.15, -0.1) is 0 Å². The number of hydrogen-bond donors (Lipinski definition) is 3. The molecule has 2 aromatic rings. The third-order valence-corrected chi connectivity index (χ3v) is 5.85. The van der Waals surface area contributed by atoms with Gasteiger partial charge in [0.05, 0.1) is 29.8 Å². The number of aromatic nitrogens is 3. The normalized spacial score (nSPS) is 19.2. The van der Waals surface area contributed by atoms with E-state index < -0.39 is 11.8 Å². The van der Waals surface area contributed by atoms with Crippen LogP contribution in [0.15, 0.2) is 24.8 Å². The average Bonchev–Trinajstić information content (AvgIpc) is 3.21. The number of halogens is 1. The second kappa shape index (κ2) is 10.6. The van der Waals surface area contributed by atoms with E-state index in [4.69, 9.17) is 22.1 Å². The molecule has 3 amide bonds. The minimum Gasteiger partial charge on any atom is -0.383 e. The summed E-state index contributed by atoms with van der Waals surface area (Å²) < 4.78 is 6.67. The molecule has 1 unspecified atom stereocenters. The number of nitrogens with zero attached hydrogens (tertiary/aromatic N) is 3. The van der Waals surface area contributed by atoms with Crippen molar-refractivity contribution in [1.29, 1.82) is 0 Å². The maximum Gasteiger partial charge on any atom is 0.272 e. The second-order valence-electron chi connectivity index (χ2n) is 7.89. The highest BCUT2D eigenvalue weighted by molar-refractivity contribution is 6.33. The molecular formula is C21H27ClN6O4. The van der Waals surface area contributed by atoms with Crippen LogP contribution in [0.1, 0.15) is 59.6 Å². The predicted octanol–water partition coefficient (Wildman–Crippen LogP) is 2.17. The Bertz CT molecular complexity index is 986. The fraction of sp³-hybridized carbons (Fsp3) is 0.476. The Morgan fingerprint density at radius 3 is 2.66 bits per heavy atom. The number of rotatable bonds is 8. The van der Waals surface area contributed by atoms with E-state index in [9.17, 15) is 14.4 Å². The zero-order valence-electron chi connectivity index (χ0n) is 18.0.